The maximum absolute atomic E-state index is 12.3. The first kappa shape index (κ1) is 17.5. The number of rotatable bonds is 7. The van der Waals surface area contributed by atoms with Crippen LogP contribution in [0.1, 0.15) is 23.2 Å². The van der Waals surface area contributed by atoms with Crippen molar-refractivity contribution < 1.29 is 14.3 Å². The van der Waals surface area contributed by atoms with Crippen molar-refractivity contribution >= 4 is 16.8 Å². The van der Waals surface area contributed by atoms with Crippen LogP contribution in [0.5, 0.6) is 5.88 Å². The van der Waals surface area contributed by atoms with Crippen LogP contribution in [0.25, 0.3) is 10.9 Å². The molecule has 1 aliphatic heterocycles. The van der Waals surface area contributed by atoms with Crippen molar-refractivity contribution in [2.24, 2.45) is 0 Å². The average molecular weight is 365 g/mol. The number of aromatic nitrogens is 2. The number of ether oxygens (including phenoxy) is 2. The number of amides is 1. The highest BCUT2D eigenvalue weighted by atomic mass is 16.5. The van der Waals surface area contributed by atoms with Crippen LogP contribution >= 0.6 is 0 Å². The van der Waals surface area contributed by atoms with Crippen LogP contribution in [0.15, 0.2) is 54.9 Å². The van der Waals surface area contributed by atoms with Crippen molar-refractivity contribution in [3.8, 4) is 5.88 Å². The minimum absolute atomic E-state index is 0.135. The highest BCUT2D eigenvalue weighted by Crippen LogP contribution is 2.15. The van der Waals surface area contributed by atoms with Crippen LogP contribution in [0.4, 0.5) is 0 Å². The summed E-state index contributed by atoms with van der Waals surface area (Å²) in [6.07, 6.45) is 5.85. The zero-order chi connectivity index (χ0) is 18.5. The number of hydrogen-bond donors (Lipinski definition) is 1. The normalized spacial score (nSPS) is 16.5. The van der Waals surface area contributed by atoms with Crippen molar-refractivity contribution in [3.63, 3.8) is 0 Å². The first-order valence-electron chi connectivity index (χ1n) is 9.32. The molecule has 0 radical (unpaired) electrons. The number of nitrogens with one attached hydrogen (secondary N) is 1. The number of carbonyl (C=O) groups is 1. The third-order valence-corrected chi connectivity index (χ3v) is 4.76. The van der Waals surface area contributed by atoms with Crippen LogP contribution in [0.2, 0.25) is 0 Å². The van der Waals surface area contributed by atoms with E-state index in [2.05, 4.69) is 33.1 Å². The molecule has 1 atom stereocenters. The van der Waals surface area contributed by atoms with E-state index in [4.69, 9.17) is 9.47 Å². The Morgan fingerprint density at radius 3 is 3.00 bits per heavy atom. The number of hydrogen-bond acceptors (Lipinski definition) is 4. The second-order valence-electron chi connectivity index (χ2n) is 6.65. The van der Waals surface area contributed by atoms with Crippen molar-refractivity contribution in [1.82, 2.24) is 14.9 Å². The van der Waals surface area contributed by atoms with Gasteiger partial charge in [-0.1, -0.05) is 18.2 Å². The topological polar surface area (TPSA) is 65.4 Å². The van der Waals surface area contributed by atoms with Gasteiger partial charge >= 0.3 is 0 Å². The molecule has 1 N–H and O–H groups in total. The highest BCUT2D eigenvalue weighted by molar-refractivity contribution is 5.93. The molecular formula is C21H23N3O3. The summed E-state index contributed by atoms with van der Waals surface area (Å²) in [6.45, 7) is 2.58. The molecule has 3 aromatic rings. The average Bonchev–Trinajstić information content (AvgIpc) is 3.37. The van der Waals surface area contributed by atoms with E-state index >= 15 is 0 Å². The van der Waals surface area contributed by atoms with E-state index in [0.717, 1.165) is 26.0 Å². The Kier molecular flexibility index (Phi) is 5.34. The standard InChI is InChI=1S/C21H23N3O3/c25-21(22-10-12-24-11-9-16-4-1-2-6-19(16)24)17-7-8-20(23-14-17)27-15-18-5-3-13-26-18/h1-2,4,6-9,11,14,18H,3,5,10,12-13,15H2,(H,22,25). The molecule has 1 aromatic carbocycles. The molecule has 4 rings (SSSR count). The molecule has 1 aliphatic rings. The van der Waals surface area contributed by atoms with E-state index in [0.29, 0.717) is 24.6 Å². The molecule has 1 fully saturated rings. The predicted octanol–water partition coefficient (Wildman–Crippen LogP) is 3.02. The van der Waals surface area contributed by atoms with Crippen LogP contribution in [-0.4, -0.2) is 41.3 Å². The number of nitrogens with zero attached hydrogens (tertiary/aromatic N) is 2. The summed E-state index contributed by atoms with van der Waals surface area (Å²) in [6, 6.07) is 13.7. The lowest BCUT2D eigenvalue weighted by molar-refractivity contribution is 0.0663. The molecule has 0 bridgehead atoms. The zero-order valence-corrected chi connectivity index (χ0v) is 15.1. The summed E-state index contributed by atoms with van der Waals surface area (Å²) in [4.78, 5) is 16.5. The van der Waals surface area contributed by atoms with Gasteiger partial charge in [-0.3, -0.25) is 4.79 Å². The Morgan fingerprint density at radius 2 is 2.19 bits per heavy atom. The molecule has 2 aromatic heterocycles. The minimum atomic E-state index is -0.135. The van der Waals surface area contributed by atoms with Crippen LogP contribution in [-0.2, 0) is 11.3 Å². The molecule has 0 spiro atoms. The van der Waals surface area contributed by atoms with E-state index in [1.54, 1.807) is 18.3 Å². The molecule has 0 saturated carbocycles. The van der Waals surface area contributed by atoms with Gasteiger partial charge in [0.2, 0.25) is 5.88 Å². The first-order valence-corrected chi connectivity index (χ1v) is 9.32. The molecule has 1 saturated heterocycles. The van der Waals surface area contributed by atoms with Crippen molar-refractivity contribution in [1.29, 1.82) is 0 Å². The van der Waals surface area contributed by atoms with Gasteiger partial charge in [0.15, 0.2) is 0 Å². The fourth-order valence-corrected chi connectivity index (χ4v) is 3.28. The highest BCUT2D eigenvalue weighted by Gasteiger charge is 2.16. The molecule has 1 unspecified atom stereocenters. The summed E-state index contributed by atoms with van der Waals surface area (Å²) < 4.78 is 13.3. The van der Waals surface area contributed by atoms with Gasteiger partial charge in [0.1, 0.15) is 6.61 Å². The fraction of sp³-hybridized carbons (Fsp3) is 0.333. The van der Waals surface area contributed by atoms with Gasteiger partial charge in [0, 0.05) is 43.7 Å². The summed E-state index contributed by atoms with van der Waals surface area (Å²) in [5.74, 6) is 0.380. The Labute approximate surface area is 158 Å². The summed E-state index contributed by atoms with van der Waals surface area (Å²) in [5.41, 5.74) is 1.69. The van der Waals surface area contributed by atoms with Gasteiger partial charge in [-0.05, 0) is 36.4 Å². The Bertz CT molecular complexity index is 898. The number of para-hydroxylation sites is 1. The smallest absolute Gasteiger partial charge is 0.252 e. The zero-order valence-electron chi connectivity index (χ0n) is 15.1. The molecule has 1 amide bonds. The molecule has 6 heteroatoms. The fourth-order valence-electron chi connectivity index (χ4n) is 3.28. The van der Waals surface area contributed by atoms with E-state index < -0.39 is 0 Å². The van der Waals surface area contributed by atoms with Gasteiger partial charge in [-0.2, -0.15) is 0 Å². The molecule has 140 valence electrons. The van der Waals surface area contributed by atoms with Gasteiger partial charge < -0.3 is 19.4 Å². The second-order valence-corrected chi connectivity index (χ2v) is 6.65. The van der Waals surface area contributed by atoms with E-state index in [-0.39, 0.29) is 12.0 Å². The van der Waals surface area contributed by atoms with Crippen LogP contribution < -0.4 is 10.1 Å². The summed E-state index contributed by atoms with van der Waals surface area (Å²) in [5, 5.41) is 4.14. The SMILES string of the molecule is O=C(NCCn1ccc2ccccc21)c1ccc(OCC2CCCO2)nc1. The van der Waals surface area contributed by atoms with Gasteiger partial charge in [0.25, 0.3) is 5.91 Å². The van der Waals surface area contributed by atoms with Gasteiger partial charge in [0.05, 0.1) is 11.7 Å². The molecule has 27 heavy (non-hydrogen) atoms. The monoisotopic (exact) mass is 365 g/mol. The Hall–Kier alpha value is -2.86. The third-order valence-electron chi connectivity index (χ3n) is 4.76. The number of carbonyl (C=O) groups excluding carboxylic acids is 1. The number of fused-ring (bicyclic) bond motifs is 1. The lowest BCUT2D eigenvalue weighted by Gasteiger charge is -2.11. The quantitative estimate of drug-likeness (QED) is 0.699. The van der Waals surface area contributed by atoms with E-state index in [1.807, 2.05) is 18.3 Å². The lowest BCUT2D eigenvalue weighted by Crippen LogP contribution is -2.27. The van der Waals surface area contributed by atoms with E-state index in [1.165, 1.54) is 10.9 Å². The third kappa shape index (κ3) is 4.28. The first-order chi connectivity index (χ1) is 13.3. The lowest BCUT2D eigenvalue weighted by atomic mass is 10.2. The van der Waals surface area contributed by atoms with Crippen molar-refractivity contribution in [2.75, 3.05) is 19.8 Å². The summed E-state index contributed by atoms with van der Waals surface area (Å²) in [7, 11) is 0. The maximum Gasteiger partial charge on any atom is 0.252 e. The Balaban J connectivity index is 1.26. The van der Waals surface area contributed by atoms with Gasteiger partial charge in [-0.15, -0.1) is 0 Å². The summed E-state index contributed by atoms with van der Waals surface area (Å²) >= 11 is 0. The Morgan fingerprint density at radius 1 is 1.26 bits per heavy atom. The molecular weight excluding hydrogens is 342 g/mol. The minimum Gasteiger partial charge on any atom is -0.475 e. The largest absolute Gasteiger partial charge is 0.475 e. The number of pyridine rings is 1. The second kappa shape index (κ2) is 8.22. The van der Waals surface area contributed by atoms with Crippen molar-refractivity contribution in [2.45, 2.75) is 25.5 Å². The predicted molar refractivity (Wildman–Crippen MR) is 103 cm³/mol. The number of benzene rings is 1. The van der Waals surface area contributed by atoms with E-state index in [9.17, 15) is 4.79 Å². The molecule has 0 aliphatic carbocycles. The van der Waals surface area contributed by atoms with Crippen molar-refractivity contribution in [3.05, 3.63) is 60.4 Å². The molecule has 3 heterocycles. The molecule has 6 nitrogen and oxygen atoms in total. The van der Waals surface area contributed by atoms with Gasteiger partial charge in [-0.25, -0.2) is 4.98 Å². The van der Waals surface area contributed by atoms with Crippen LogP contribution in [0.3, 0.4) is 0 Å². The van der Waals surface area contributed by atoms with Crippen LogP contribution in [0, 0.1) is 0 Å². The maximum atomic E-state index is 12.3.